The summed E-state index contributed by atoms with van der Waals surface area (Å²) in [5.74, 6) is -4.06. The number of carbonyl (C=O) groups excluding carboxylic acids is 6. The highest BCUT2D eigenvalue weighted by Gasteiger charge is 2.35. The van der Waals surface area contributed by atoms with Crippen LogP contribution in [0.2, 0.25) is 0 Å². The molecular formula is C34H65ClN8O9. The number of alkyl carbamates (subject to hydrolysis) is 1. The molecule has 0 rings (SSSR count). The predicted molar refractivity (Wildman–Crippen MR) is 191 cm³/mol. The summed E-state index contributed by atoms with van der Waals surface area (Å²) in [4.78, 5) is 81.1. The Bertz CT molecular complexity index is 1210. The highest BCUT2D eigenvalue weighted by atomic mass is 35.5. The predicted octanol–water partition coefficient (Wildman–Crippen LogP) is -3.67. The summed E-state index contributed by atoms with van der Waals surface area (Å²) < 4.78 is 16.1. The van der Waals surface area contributed by atoms with Gasteiger partial charge in [0.25, 0.3) is 0 Å². The van der Waals surface area contributed by atoms with Crippen LogP contribution in [0.5, 0.6) is 0 Å². The lowest BCUT2D eigenvalue weighted by Crippen LogP contribution is -3.00. The first-order valence-corrected chi connectivity index (χ1v) is 17.4. The first-order valence-electron chi connectivity index (χ1n) is 17.4. The van der Waals surface area contributed by atoms with Crippen molar-refractivity contribution in [2.75, 3.05) is 13.1 Å². The van der Waals surface area contributed by atoms with Crippen molar-refractivity contribution in [3.63, 3.8) is 0 Å². The van der Waals surface area contributed by atoms with Crippen LogP contribution in [0, 0.1) is 5.92 Å². The zero-order valence-corrected chi connectivity index (χ0v) is 33.6. The quantitative estimate of drug-likeness (QED) is 0.0208. The van der Waals surface area contributed by atoms with Gasteiger partial charge in [-0.3, -0.25) is 35.6 Å². The number of rotatable bonds is 19. The van der Waals surface area contributed by atoms with E-state index in [1.54, 1.807) is 76.2 Å². The minimum atomic E-state index is -1.48. The van der Waals surface area contributed by atoms with Gasteiger partial charge >= 0.3 is 24.0 Å². The third-order valence-electron chi connectivity index (χ3n) is 6.63. The summed E-state index contributed by atoms with van der Waals surface area (Å²) in [6, 6.07) is -4.75. The molecule has 52 heavy (non-hydrogen) atoms. The van der Waals surface area contributed by atoms with Crippen LogP contribution >= 0.6 is 0 Å². The van der Waals surface area contributed by atoms with Crippen LogP contribution < -0.4 is 55.9 Å². The lowest BCUT2D eigenvalue weighted by molar-refractivity contribution is -0.459. The van der Waals surface area contributed by atoms with Gasteiger partial charge in [0, 0.05) is 6.54 Å². The Hall–Kier alpha value is -3.86. The van der Waals surface area contributed by atoms with Crippen molar-refractivity contribution in [3.8, 4) is 0 Å². The van der Waals surface area contributed by atoms with E-state index < -0.39 is 89.1 Å². The van der Waals surface area contributed by atoms with Crippen molar-refractivity contribution >= 4 is 41.7 Å². The Labute approximate surface area is 314 Å². The van der Waals surface area contributed by atoms with Crippen molar-refractivity contribution in [2.45, 2.75) is 156 Å². The van der Waals surface area contributed by atoms with Crippen LogP contribution in [0.1, 0.15) is 115 Å². The number of amides is 4. The van der Waals surface area contributed by atoms with Crippen molar-refractivity contribution in [1.29, 1.82) is 0 Å². The average molecular weight is 765 g/mol. The summed E-state index contributed by atoms with van der Waals surface area (Å²) in [6.45, 7) is 19.3. The molecule has 0 unspecified atom stereocenters. The molecule has 4 amide bonds. The molecule has 4 atom stereocenters. The van der Waals surface area contributed by atoms with Gasteiger partial charge in [-0.1, -0.05) is 13.8 Å². The molecule has 0 saturated carbocycles. The molecule has 0 aromatic heterocycles. The van der Waals surface area contributed by atoms with Crippen LogP contribution in [0.3, 0.4) is 0 Å². The zero-order valence-electron chi connectivity index (χ0n) is 32.8. The Morgan fingerprint density at radius 2 is 1.19 bits per heavy atom. The average Bonchev–Trinajstić information content (AvgIpc) is 2.93. The smallest absolute Gasteiger partial charge is 0.407 e. The van der Waals surface area contributed by atoms with E-state index >= 15 is 0 Å². The second-order valence-corrected chi connectivity index (χ2v) is 15.7. The van der Waals surface area contributed by atoms with E-state index in [0.717, 1.165) is 0 Å². The molecule has 0 aromatic carbocycles. The number of guanidine groups is 1. The fraction of sp³-hybridized carbons (Fsp3) is 0.794. The highest BCUT2D eigenvalue weighted by molar-refractivity contribution is 5.96. The molecule has 0 fully saturated rings. The van der Waals surface area contributed by atoms with Crippen LogP contribution in [0.15, 0.2) is 0 Å². The number of unbranched alkanes of at least 4 members (excludes halogenated alkanes) is 1. The van der Waals surface area contributed by atoms with Gasteiger partial charge in [-0.2, -0.15) is 0 Å². The van der Waals surface area contributed by atoms with Crippen molar-refractivity contribution in [1.82, 2.24) is 21.3 Å². The number of hydrogen-bond donors (Lipinski definition) is 8. The second kappa shape index (κ2) is 22.9. The SMILES string of the molecule is CC(C)[C@H](NC(=O)[C@H](CC(=O)OC(C)(C)C)NC(=O)[C@H](CCCCNC(=O)OC(C)(C)C)NC(=O)[C@@H](N)CCC[NH+]=C(N)N)C(=O)OC(C)(C)C.[Cl-]. The van der Waals surface area contributed by atoms with Crippen molar-refractivity contribution in [2.24, 2.45) is 23.1 Å². The van der Waals surface area contributed by atoms with E-state index in [1.165, 1.54) is 0 Å². The third-order valence-corrected chi connectivity index (χ3v) is 6.63. The molecule has 11 N–H and O–H groups in total. The number of carbonyl (C=O) groups is 6. The third kappa shape index (κ3) is 24.3. The fourth-order valence-corrected chi connectivity index (χ4v) is 4.36. The fourth-order valence-electron chi connectivity index (χ4n) is 4.36. The minimum Gasteiger partial charge on any atom is -1.00 e. The molecule has 0 spiro atoms. The second-order valence-electron chi connectivity index (χ2n) is 15.7. The Morgan fingerprint density at radius 1 is 0.673 bits per heavy atom. The first-order chi connectivity index (χ1) is 23.2. The van der Waals surface area contributed by atoms with Crippen LogP contribution in [-0.4, -0.2) is 95.8 Å². The van der Waals surface area contributed by atoms with Crippen molar-refractivity contribution in [3.05, 3.63) is 0 Å². The lowest BCUT2D eigenvalue weighted by atomic mass is 10.0. The van der Waals surface area contributed by atoms with Gasteiger partial charge in [0.2, 0.25) is 17.7 Å². The summed E-state index contributed by atoms with van der Waals surface area (Å²) in [6.07, 6.45) is 0.395. The number of hydrogen-bond acceptors (Lipinski definition) is 10. The first kappa shape index (κ1) is 50.2. The summed E-state index contributed by atoms with van der Waals surface area (Å²) >= 11 is 0. The Kier molecular flexibility index (Phi) is 22.2. The molecule has 0 saturated heterocycles. The van der Waals surface area contributed by atoms with Crippen LogP contribution in [0.25, 0.3) is 0 Å². The van der Waals surface area contributed by atoms with E-state index in [9.17, 15) is 28.8 Å². The molecule has 18 heteroatoms. The molecule has 0 aliphatic heterocycles. The van der Waals surface area contributed by atoms with Gasteiger partial charge in [0.05, 0.1) is 19.0 Å². The maximum atomic E-state index is 13.8. The number of esters is 2. The summed E-state index contributed by atoms with van der Waals surface area (Å²) in [7, 11) is 0. The summed E-state index contributed by atoms with van der Waals surface area (Å²) in [5, 5.41) is 10.5. The Balaban J connectivity index is 0. The van der Waals surface area contributed by atoms with Gasteiger partial charge in [0.1, 0.15) is 34.9 Å². The molecular weight excluding hydrogens is 700 g/mol. The molecule has 0 radical (unpaired) electrons. The Morgan fingerprint density at radius 3 is 1.69 bits per heavy atom. The molecule has 0 aromatic rings. The monoisotopic (exact) mass is 764 g/mol. The van der Waals surface area contributed by atoms with Gasteiger partial charge < -0.3 is 53.6 Å². The van der Waals surface area contributed by atoms with Gasteiger partial charge in [-0.25, -0.2) is 9.59 Å². The summed E-state index contributed by atoms with van der Waals surface area (Å²) in [5.41, 5.74) is 14.5. The molecule has 302 valence electrons. The highest BCUT2D eigenvalue weighted by Crippen LogP contribution is 2.15. The zero-order chi connectivity index (χ0) is 39.7. The van der Waals surface area contributed by atoms with E-state index in [2.05, 4.69) is 26.3 Å². The minimum absolute atomic E-state index is 0. The van der Waals surface area contributed by atoms with Gasteiger partial charge in [0.15, 0.2) is 0 Å². The molecule has 0 aliphatic rings. The molecule has 17 nitrogen and oxygen atoms in total. The number of ether oxygens (including phenoxy) is 3. The maximum Gasteiger partial charge on any atom is 0.407 e. The van der Waals surface area contributed by atoms with E-state index in [1.807, 2.05) is 0 Å². The van der Waals surface area contributed by atoms with Crippen LogP contribution in [0.4, 0.5) is 4.79 Å². The normalized spacial score (nSPS) is 13.9. The molecule has 0 aliphatic carbocycles. The lowest BCUT2D eigenvalue weighted by Gasteiger charge is -2.29. The largest absolute Gasteiger partial charge is 1.00 e. The topological polar surface area (TPSA) is 270 Å². The number of nitrogens with one attached hydrogen (secondary N) is 5. The van der Waals surface area contributed by atoms with Crippen LogP contribution in [-0.2, 0) is 38.2 Å². The number of halogens is 1. The number of nitrogens with two attached hydrogens (primary N) is 3. The maximum absolute atomic E-state index is 13.8. The molecule has 0 bridgehead atoms. The van der Waals surface area contributed by atoms with Gasteiger partial charge in [-0.15, -0.1) is 0 Å². The standard InChI is InChI=1S/C34H64N8O9.ClH/c1-20(2)25(29(47)50-33(6,7)8)42-28(46)23(19-24(43)49-32(3,4)5)41-27(45)22(16-12-13-17-39-31(48)51-34(9,10)11)40-26(44)21(35)15-14-18-38-30(36)37;/h20-23,25H,12-19,35H2,1-11H3,(H,39,48)(H,40,44)(H,41,45)(H,42,46)(H4,36,37,38);1H/t21-,22-,23-,25-;/m0./s1. The van der Waals surface area contributed by atoms with Crippen molar-refractivity contribution < 1.29 is 60.4 Å². The van der Waals surface area contributed by atoms with E-state index in [-0.39, 0.29) is 37.8 Å². The molecule has 0 heterocycles. The van der Waals surface area contributed by atoms with E-state index in [0.29, 0.717) is 25.8 Å². The van der Waals surface area contributed by atoms with Gasteiger partial charge in [-0.05, 0) is 100 Å². The van der Waals surface area contributed by atoms with E-state index in [4.69, 9.17) is 31.4 Å².